The molecule has 0 amide bonds. The molecular weight excluding hydrogens is 336 g/mol. The molecule has 6 heteroatoms. The van der Waals surface area contributed by atoms with E-state index in [1.165, 1.54) is 5.56 Å². The number of rotatable bonds is 2. The molecule has 0 atom stereocenters. The first-order valence-electron chi connectivity index (χ1n) is 8.52. The first kappa shape index (κ1) is 16.4. The number of fused-ring (bicyclic) bond motifs is 2. The van der Waals surface area contributed by atoms with Gasteiger partial charge in [-0.3, -0.25) is 0 Å². The fourth-order valence-corrected chi connectivity index (χ4v) is 5.21. The smallest absolute Gasteiger partial charge is 0.243 e. The van der Waals surface area contributed by atoms with Crippen LogP contribution in [0.4, 0.5) is 5.69 Å². The van der Waals surface area contributed by atoms with E-state index in [-0.39, 0.29) is 0 Å². The molecule has 0 fully saturated rings. The van der Waals surface area contributed by atoms with Gasteiger partial charge in [0, 0.05) is 26.2 Å². The highest BCUT2D eigenvalue weighted by Gasteiger charge is 2.31. The van der Waals surface area contributed by atoms with Gasteiger partial charge in [0.05, 0.1) is 17.1 Å². The number of sulfonamides is 1. The van der Waals surface area contributed by atoms with E-state index in [4.69, 9.17) is 4.74 Å². The molecule has 0 bridgehead atoms. The molecule has 2 aliphatic rings. The second-order valence-electron chi connectivity index (χ2n) is 6.71. The van der Waals surface area contributed by atoms with Gasteiger partial charge in [0.15, 0.2) is 0 Å². The van der Waals surface area contributed by atoms with Gasteiger partial charge in [-0.05, 0) is 36.1 Å². The zero-order valence-electron chi connectivity index (χ0n) is 14.5. The van der Waals surface area contributed by atoms with E-state index in [2.05, 4.69) is 11.0 Å². The Morgan fingerprint density at radius 1 is 1.08 bits per heavy atom. The van der Waals surface area contributed by atoms with Crippen LogP contribution in [0.1, 0.15) is 16.7 Å². The van der Waals surface area contributed by atoms with Crippen LogP contribution >= 0.6 is 0 Å². The highest BCUT2D eigenvalue weighted by molar-refractivity contribution is 7.89. The van der Waals surface area contributed by atoms with Gasteiger partial charge in [-0.15, -0.1) is 0 Å². The molecule has 2 aromatic rings. The molecule has 2 aliphatic heterocycles. The molecule has 2 heterocycles. The summed E-state index contributed by atoms with van der Waals surface area (Å²) < 4.78 is 33.8. The van der Waals surface area contributed by atoms with Gasteiger partial charge in [-0.1, -0.05) is 24.3 Å². The Labute approximate surface area is 148 Å². The lowest BCUT2D eigenvalue weighted by Gasteiger charge is -2.31. The van der Waals surface area contributed by atoms with Crippen molar-refractivity contribution < 1.29 is 13.2 Å². The quantitative estimate of drug-likeness (QED) is 0.828. The van der Waals surface area contributed by atoms with Crippen molar-refractivity contribution >= 4 is 15.7 Å². The maximum atomic E-state index is 13.2. The minimum atomic E-state index is -3.55. The highest BCUT2D eigenvalue weighted by Crippen LogP contribution is 2.36. The van der Waals surface area contributed by atoms with E-state index in [0.717, 1.165) is 29.8 Å². The third kappa shape index (κ3) is 2.79. The second kappa shape index (κ2) is 6.04. The summed E-state index contributed by atoms with van der Waals surface area (Å²) in [4.78, 5) is 2.44. The zero-order chi connectivity index (χ0) is 17.6. The number of hydrogen-bond donors (Lipinski definition) is 0. The average molecular weight is 358 g/mol. The predicted octanol–water partition coefficient (Wildman–Crippen LogP) is 2.57. The molecule has 0 saturated heterocycles. The molecule has 4 rings (SSSR count). The highest BCUT2D eigenvalue weighted by atomic mass is 32.2. The number of ether oxygens (including phenoxy) is 1. The molecule has 0 unspecified atom stereocenters. The minimum Gasteiger partial charge on any atom is -0.490 e. The largest absolute Gasteiger partial charge is 0.490 e. The Hall–Kier alpha value is -2.05. The van der Waals surface area contributed by atoms with Crippen molar-refractivity contribution in [2.24, 2.45) is 0 Å². The molecular formula is C19H22N2O3S. The Balaban J connectivity index is 1.72. The number of aryl methyl sites for hydroxylation is 1. The van der Waals surface area contributed by atoms with Crippen molar-refractivity contribution in [2.75, 3.05) is 31.6 Å². The van der Waals surface area contributed by atoms with Gasteiger partial charge in [-0.25, -0.2) is 8.42 Å². The van der Waals surface area contributed by atoms with Gasteiger partial charge >= 0.3 is 0 Å². The molecule has 0 saturated carbocycles. The van der Waals surface area contributed by atoms with Crippen LogP contribution in [-0.2, 0) is 23.0 Å². The fraction of sp³-hybridized carbons (Fsp3) is 0.368. The molecule has 0 radical (unpaired) electrons. The van der Waals surface area contributed by atoms with Crippen molar-refractivity contribution in [3.8, 4) is 5.75 Å². The van der Waals surface area contributed by atoms with Crippen LogP contribution in [0, 0.1) is 6.92 Å². The van der Waals surface area contributed by atoms with Crippen molar-refractivity contribution in [1.29, 1.82) is 0 Å². The average Bonchev–Trinajstić information content (AvgIpc) is 2.61. The fourth-order valence-electron chi connectivity index (χ4n) is 3.57. The molecule has 25 heavy (non-hydrogen) atoms. The molecule has 0 N–H and O–H groups in total. The van der Waals surface area contributed by atoms with E-state index in [1.807, 2.05) is 38.2 Å². The van der Waals surface area contributed by atoms with Crippen LogP contribution in [0.25, 0.3) is 0 Å². The number of hydrogen-bond acceptors (Lipinski definition) is 4. The van der Waals surface area contributed by atoms with Gasteiger partial charge < -0.3 is 9.64 Å². The summed E-state index contributed by atoms with van der Waals surface area (Å²) in [5, 5.41) is 0. The predicted molar refractivity (Wildman–Crippen MR) is 97.7 cm³/mol. The number of nitrogens with zero attached hydrogens (tertiary/aromatic N) is 2. The van der Waals surface area contributed by atoms with Crippen LogP contribution in [0.15, 0.2) is 41.3 Å². The van der Waals surface area contributed by atoms with Crippen LogP contribution < -0.4 is 9.64 Å². The van der Waals surface area contributed by atoms with Crippen LogP contribution in [-0.4, -0.2) is 39.5 Å². The third-order valence-electron chi connectivity index (χ3n) is 5.07. The molecule has 0 spiro atoms. The van der Waals surface area contributed by atoms with Gasteiger partial charge in [0.25, 0.3) is 0 Å². The van der Waals surface area contributed by atoms with Crippen LogP contribution in [0.3, 0.4) is 0 Å². The van der Waals surface area contributed by atoms with Crippen molar-refractivity contribution in [2.45, 2.75) is 24.8 Å². The van der Waals surface area contributed by atoms with Gasteiger partial charge in [-0.2, -0.15) is 4.31 Å². The van der Waals surface area contributed by atoms with Crippen molar-refractivity contribution in [3.05, 3.63) is 53.1 Å². The Kier molecular flexibility index (Phi) is 3.96. The Morgan fingerprint density at radius 2 is 1.84 bits per heavy atom. The summed E-state index contributed by atoms with van der Waals surface area (Å²) in [5.74, 6) is 0.648. The lowest BCUT2D eigenvalue weighted by atomic mass is 10.0. The molecule has 0 aromatic heterocycles. The lowest BCUT2D eigenvalue weighted by molar-refractivity contribution is 0.310. The number of anilines is 1. The van der Waals surface area contributed by atoms with E-state index in [1.54, 1.807) is 10.4 Å². The normalized spacial score (nSPS) is 17.6. The summed E-state index contributed by atoms with van der Waals surface area (Å²) in [6.45, 7) is 4.17. The van der Waals surface area contributed by atoms with Gasteiger partial charge in [0.2, 0.25) is 10.0 Å². The van der Waals surface area contributed by atoms with Crippen molar-refractivity contribution in [1.82, 2.24) is 4.31 Å². The number of likely N-dealkylation sites (N-methyl/N-ethyl adjacent to an activating group) is 1. The number of benzene rings is 2. The van der Waals surface area contributed by atoms with Gasteiger partial charge in [0.1, 0.15) is 12.4 Å². The monoisotopic (exact) mass is 358 g/mol. The summed E-state index contributed by atoms with van der Waals surface area (Å²) in [7, 11) is -1.56. The Morgan fingerprint density at radius 3 is 2.64 bits per heavy atom. The minimum absolute atomic E-state index is 0.348. The standard InChI is InChI=1S/C19H22N2O3S/c1-14-11-17-18(24-10-9-20(17)2)12-19(14)25(22,23)21-8-7-15-5-3-4-6-16(15)13-21/h3-6,11-12H,7-10,13H2,1-2H3. The van der Waals surface area contributed by atoms with E-state index in [9.17, 15) is 8.42 Å². The van der Waals surface area contributed by atoms with Crippen LogP contribution in [0.5, 0.6) is 5.75 Å². The van der Waals surface area contributed by atoms with Crippen molar-refractivity contribution in [3.63, 3.8) is 0 Å². The summed E-state index contributed by atoms with van der Waals surface area (Å²) in [6.07, 6.45) is 0.749. The molecule has 5 nitrogen and oxygen atoms in total. The van der Waals surface area contributed by atoms with Crippen LogP contribution in [0.2, 0.25) is 0 Å². The van der Waals surface area contributed by atoms with E-state index >= 15 is 0 Å². The molecule has 0 aliphatic carbocycles. The first-order chi connectivity index (χ1) is 12.0. The topological polar surface area (TPSA) is 49.9 Å². The SMILES string of the molecule is Cc1cc2c(cc1S(=O)(=O)N1CCc3ccccc3C1)OCCN2C. The maximum Gasteiger partial charge on any atom is 0.243 e. The third-order valence-corrected chi connectivity index (χ3v) is 7.05. The summed E-state index contributed by atoms with van der Waals surface area (Å²) in [5.41, 5.74) is 4.03. The first-order valence-corrected chi connectivity index (χ1v) is 9.96. The van der Waals surface area contributed by atoms with E-state index in [0.29, 0.717) is 30.3 Å². The second-order valence-corrected chi connectivity index (χ2v) is 8.62. The maximum absolute atomic E-state index is 13.2. The lowest BCUT2D eigenvalue weighted by Crippen LogP contribution is -2.36. The summed E-state index contributed by atoms with van der Waals surface area (Å²) >= 11 is 0. The molecule has 2 aromatic carbocycles. The molecule has 132 valence electrons. The zero-order valence-corrected chi connectivity index (χ0v) is 15.3. The summed E-state index contributed by atoms with van der Waals surface area (Å²) in [6, 6.07) is 11.7. The van der Waals surface area contributed by atoms with E-state index < -0.39 is 10.0 Å². The Bertz CT molecular complexity index is 924.